The molecule has 0 saturated heterocycles. The molecule has 0 aliphatic carbocycles. The van der Waals surface area contributed by atoms with Crippen LogP contribution in [0.3, 0.4) is 0 Å². The Morgan fingerprint density at radius 2 is 2.07 bits per heavy atom. The summed E-state index contributed by atoms with van der Waals surface area (Å²) >= 11 is 1.76. The van der Waals surface area contributed by atoms with Gasteiger partial charge in [-0.15, -0.1) is 11.3 Å². The molecule has 0 atom stereocenters. The lowest BCUT2D eigenvalue weighted by Gasteiger charge is -2.18. The highest BCUT2D eigenvalue weighted by atomic mass is 32.1. The summed E-state index contributed by atoms with van der Waals surface area (Å²) in [5.74, 6) is 0. The van der Waals surface area contributed by atoms with E-state index in [0.717, 1.165) is 6.42 Å². The summed E-state index contributed by atoms with van der Waals surface area (Å²) in [4.78, 5) is 4.28. The van der Waals surface area contributed by atoms with Crippen LogP contribution in [0.5, 0.6) is 0 Å². The Bertz CT molecular complexity index is 437. The lowest BCUT2D eigenvalue weighted by Crippen LogP contribution is -2.09. The van der Waals surface area contributed by atoms with Crippen LogP contribution in [0.1, 0.15) is 26.3 Å². The number of thiophene rings is 1. The molecule has 0 fully saturated rings. The van der Waals surface area contributed by atoms with Crippen molar-refractivity contribution in [3.8, 4) is 0 Å². The van der Waals surface area contributed by atoms with Crippen LogP contribution < -0.4 is 0 Å². The van der Waals surface area contributed by atoms with Gasteiger partial charge in [0, 0.05) is 12.4 Å². The quantitative estimate of drug-likeness (QED) is 0.688. The van der Waals surface area contributed by atoms with Crippen molar-refractivity contribution >= 4 is 21.4 Å². The molecule has 0 aliphatic heterocycles. The van der Waals surface area contributed by atoms with E-state index in [2.05, 4.69) is 37.2 Å². The summed E-state index contributed by atoms with van der Waals surface area (Å²) in [7, 11) is 0. The maximum absolute atomic E-state index is 4.28. The Balaban J connectivity index is 2.46. The molecule has 0 amide bonds. The van der Waals surface area contributed by atoms with Gasteiger partial charge in [-0.3, -0.25) is 4.98 Å². The van der Waals surface area contributed by atoms with Gasteiger partial charge in [0.2, 0.25) is 0 Å². The summed E-state index contributed by atoms with van der Waals surface area (Å²) in [6, 6.07) is 2.20. The average Bonchev–Trinajstić information content (AvgIpc) is 2.49. The first kappa shape index (κ1) is 9.66. The van der Waals surface area contributed by atoms with Gasteiger partial charge in [-0.05, 0) is 34.2 Å². The normalized spacial score (nSPS) is 12.2. The zero-order valence-electron chi connectivity index (χ0n) is 8.87. The van der Waals surface area contributed by atoms with Crippen LogP contribution in [0.25, 0.3) is 10.1 Å². The number of nitrogens with zero attached hydrogens (tertiary/aromatic N) is 1. The lowest BCUT2D eigenvalue weighted by atomic mass is 9.88. The number of aromatic nitrogens is 1. The maximum Gasteiger partial charge on any atom is 0.0528 e. The smallest absolute Gasteiger partial charge is 0.0528 e. The second-order valence-electron chi connectivity index (χ2n) is 4.87. The van der Waals surface area contributed by atoms with E-state index in [1.54, 1.807) is 11.3 Å². The Hall–Kier alpha value is -0.890. The first-order valence-corrected chi connectivity index (χ1v) is 5.74. The molecule has 0 radical (unpaired) electrons. The molecule has 0 bridgehead atoms. The van der Waals surface area contributed by atoms with Gasteiger partial charge in [-0.1, -0.05) is 20.8 Å². The highest BCUT2D eigenvalue weighted by Crippen LogP contribution is 2.28. The number of hydrogen-bond donors (Lipinski definition) is 0. The molecule has 2 rings (SSSR count). The Kier molecular flexibility index (Phi) is 2.31. The SMILES string of the molecule is CC(C)(C)Cc1cncc2sccc12. The van der Waals surface area contributed by atoms with Gasteiger partial charge in [0.25, 0.3) is 0 Å². The summed E-state index contributed by atoms with van der Waals surface area (Å²) in [5.41, 5.74) is 1.70. The third-order valence-corrected chi connectivity index (χ3v) is 3.04. The molecule has 0 N–H and O–H groups in total. The molecule has 2 heterocycles. The minimum absolute atomic E-state index is 0.331. The largest absolute Gasteiger partial charge is 0.263 e. The van der Waals surface area contributed by atoms with Crippen LogP contribution in [0, 0.1) is 5.41 Å². The predicted molar refractivity (Wildman–Crippen MR) is 62.8 cm³/mol. The minimum Gasteiger partial charge on any atom is -0.263 e. The van der Waals surface area contributed by atoms with Gasteiger partial charge < -0.3 is 0 Å². The summed E-state index contributed by atoms with van der Waals surface area (Å²) in [6.07, 6.45) is 5.04. The number of fused-ring (bicyclic) bond motifs is 1. The van der Waals surface area contributed by atoms with E-state index >= 15 is 0 Å². The van der Waals surface area contributed by atoms with Crippen LogP contribution in [-0.2, 0) is 6.42 Å². The average molecular weight is 205 g/mol. The van der Waals surface area contributed by atoms with Crippen molar-refractivity contribution in [1.29, 1.82) is 0 Å². The van der Waals surface area contributed by atoms with E-state index < -0.39 is 0 Å². The van der Waals surface area contributed by atoms with Gasteiger partial charge in [0.1, 0.15) is 0 Å². The highest BCUT2D eigenvalue weighted by Gasteiger charge is 2.13. The molecule has 2 aromatic heterocycles. The third kappa shape index (κ3) is 1.95. The van der Waals surface area contributed by atoms with Crippen LogP contribution in [0.2, 0.25) is 0 Å². The van der Waals surface area contributed by atoms with E-state index in [1.807, 2.05) is 12.4 Å². The fraction of sp³-hybridized carbons (Fsp3) is 0.417. The summed E-state index contributed by atoms with van der Waals surface area (Å²) in [6.45, 7) is 6.79. The number of rotatable bonds is 1. The minimum atomic E-state index is 0.331. The highest BCUT2D eigenvalue weighted by molar-refractivity contribution is 7.17. The van der Waals surface area contributed by atoms with Gasteiger partial charge in [0.05, 0.1) is 4.70 Å². The second-order valence-corrected chi connectivity index (χ2v) is 5.82. The summed E-state index contributed by atoms with van der Waals surface area (Å²) < 4.78 is 1.30. The fourth-order valence-electron chi connectivity index (χ4n) is 1.66. The molecular weight excluding hydrogens is 190 g/mol. The third-order valence-electron chi connectivity index (χ3n) is 2.18. The van der Waals surface area contributed by atoms with Crippen LogP contribution >= 0.6 is 11.3 Å². The number of hydrogen-bond acceptors (Lipinski definition) is 2. The zero-order chi connectivity index (χ0) is 10.2. The van der Waals surface area contributed by atoms with Crippen LogP contribution in [-0.4, -0.2) is 4.98 Å². The lowest BCUT2D eigenvalue weighted by molar-refractivity contribution is 0.412. The molecule has 2 heteroatoms. The molecular formula is C12H15NS. The van der Waals surface area contributed by atoms with E-state index in [0.29, 0.717) is 5.41 Å². The molecule has 0 aliphatic rings. The van der Waals surface area contributed by atoms with Gasteiger partial charge in [-0.2, -0.15) is 0 Å². The monoisotopic (exact) mass is 205 g/mol. The van der Waals surface area contributed by atoms with Gasteiger partial charge in [0.15, 0.2) is 0 Å². The Morgan fingerprint density at radius 3 is 2.79 bits per heavy atom. The molecule has 0 spiro atoms. The maximum atomic E-state index is 4.28. The second kappa shape index (κ2) is 3.35. The van der Waals surface area contributed by atoms with Crippen molar-refractivity contribution in [2.45, 2.75) is 27.2 Å². The van der Waals surface area contributed by atoms with Gasteiger partial charge in [-0.25, -0.2) is 0 Å². The first-order valence-electron chi connectivity index (χ1n) is 4.86. The van der Waals surface area contributed by atoms with Crippen LogP contribution in [0.4, 0.5) is 0 Å². The molecule has 0 unspecified atom stereocenters. The topological polar surface area (TPSA) is 12.9 Å². The predicted octanol–water partition coefficient (Wildman–Crippen LogP) is 3.88. The molecule has 74 valence electrons. The molecule has 14 heavy (non-hydrogen) atoms. The molecule has 2 aromatic rings. The first-order chi connectivity index (χ1) is 6.56. The van der Waals surface area contributed by atoms with E-state index in [4.69, 9.17) is 0 Å². The fourth-order valence-corrected chi connectivity index (χ4v) is 2.46. The molecule has 0 aromatic carbocycles. The van der Waals surface area contributed by atoms with Crippen molar-refractivity contribution < 1.29 is 0 Å². The Labute approximate surface area is 88.8 Å². The zero-order valence-corrected chi connectivity index (χ0v) is 9.69. The van der Waals surface area contributed by atoms with Crippen molar-refractivity contribution in [2.75, 3.05) is 0 Å². The standard InChI is InChI=1S/C12H15NS/c1-12(2,3)6-9-7-13-8-11-10(9)4-5-14-11/h4-5,7-8H,6H2,1-3H3. The van der Waals surface area contributed by atoms with Crippen molar-refractivity contribution in [2.24, 2.45) is 5.41 Å². The van der Waals surface area contributed by atoms with E-state index in [9.17, 15) is 0 Å². The van der Waals surface area contributed by atoms with Crippen LogP contribution in [0.15, 0.2) is 23.8 Å². The van der Waals surface area contributed by atoms with Gasteiger partial charge >= 0.3 is 0 Å². The van der Waals surface area contributed by atoms with E-state index in [1.165, 1.54) is 15.6 Å². The molecule has 0 saturated carbocycles. The number of pyridine rings is 1. The van der Waals surface area contributed by atoms with Crippen molar-refractivity contribution in [3.63, 3.8) is 0 Å². The van der Waals surface area contributed by atoms with Crippen molar-refractivity contribution in [3.05, 3.63) is 29.4 Å². The summed E-state index contributed by atoms with van der Waals surface area (Å²) in [5, 5.41) is 3.51. The molecule has 1 nitrogen and oxygen atoms in total. The van der Waals surface area contributed by atoms with E-state index in [-0.39, 0.29) is 0 Å². The Morgan fingerprint density at radius 1 is 1.29 bits per heavy atom. The van der Waals surface area contributed by atoms with Crippen molar-refractivity contribution in [1.82, 2.24) is 4.98 Å².